The summed E-state index contributed by atoms with van der Waals surface area (Å²) >= 11 is 0. The summed E-state index contributed by atoms with van der Waals surface area (Å²) < 4.78 is 5.32. The van der Waals surface area contributed by atoms with E-state index in [1.54, 1.807) is 0 Å². The third-order valence-electron chi connectivity index (χ3n) is 4.36. The van der Waals surface area contributed by atoms with E-state index in [0.717, 1.165) is 45.3 Å². The van der Waals surface area contributed by atoms with Gasteiger partial charge >= 0.3 is 0 Å². The molecule has 5 heteroatoms. The first-order valence-corrected chi connectivity index (χ1v) is 7.31. The van der Waals surface area contributed by atoms with Crippen molar-refractivity contribution in [3.63, 3.8) is 0 Å². The molecule has 2 N–H and O–H groups in total. The van der Waals surface area contributed by atoms with Crippen LogP contribution in [0.15, 0.2) is 0 Å². The molecule has 0 atom stereocenters. The van der Waals surface area contributed by atoms with Gasteiger partial charge in [-0.25, -0.2) is 0 Å². The topological polar surface area (TPSA) is 72.6 Å². The highest BCUT2D eigenvalue weighted by Gasteiger charge is 2.26. The van der Waals surface area contributed by atoms with E-state index in [-0.39, 0.29) is 17.7 Å². The fourth-order valence-corrected chi connectivity index (χ4v) is 2.93. The summed E-state index contributed by atoms with van der Waals surface area (Å²) in [7, 11) is 0. The number of carbonyl (C=O) groups excluding carboxylic acids is 2. The Morgan fingerprint density at radius 1 is 1.11 bits per heavy atom. The lowest BCUT2D eigenvalue weighted by molar-refractivity contribution is -0.135. The molecule has 0 unspecified atom stereocenters. The summed E-state index contributed by atoms with van der Waals surface area (Å²) in [4.78, 5) is 25.1. The molecule has 108 valence electrons. The Labute approximate surface area is 114 Å². The van der Waals surface area contributed by atoms with E-state index >= 15 is 0 Å². The van der Waals surface area contributed by atoms with Crippen LogP contribution in [0.1, 0.15) is 38.5 Å². The van der Waals surface area contributed by atoms with Gasteiger partial charge in [0.15, 0.2) is 0 Å². The van der Waals surface area contributed by atoms with Gasteiger partial charge in [-0.05, 0) is 38.0 Å². The standard InChI is InChI=1S/C14H24N2O3/c15-14(18)12-3-7-16(8-4-12)13(17)2-1-11-5-9-19-10-6-11/h11-12H,1-10H2,(H2,15,18). The average molecular weight is 268 g/mol. The zero-order valence-electron chi connectivity index (χ0n) is 11.5. The third kappa shape index (κ3) is 4.20. The molecule has 0 spiro atoms. The summed E-state index contributed by atoms with van der Waals surface area (Å²) in [5.74, 6) is 0.601. The first-order valence-electron chi connectivity index (χ1n) is 7.31. The van der Waals surface area contributed by atoms with Gasteiger partial charge in [0.2, 0.25) is 11.8 Å². The summed E-state index contributed by atoms with van der Waals surface area (Å²) in [5.41, 5.74) is 5.29. The Bertz CT molecular complexity index is 319. The van der Waals surface area contributed by atoms with Crippen LogP contribution in [0.5, 0.6) is 0 Å². The maximum Gasteiger partial charge on any atom is 0.222 e. The number of carbonyl (C=O) groups is 2. The van der Waals surface area contributed by atoms with Gasteiger partial charge in [-0.2, -0.15) is 0 Å². The number of nitrogens with two attached hydrogens (primary N) is 1. The quantitative estimate of drug-likeness (QED) is 0.824. The lowest BCUT2D eigenvalue weighted by Gasteiger charge is -2.31. The molecule has 0 aromatic rings. The molecule has 2 aliphatic rings. The highest BCUT2D eigenvalue weighted by atomic mass is 16.5. The minimum Gasteiger partial charge on any atom is -0.381 e. The maximum atomic E-state index is 12.1. The van der Waals surface area contributed by atoms with Gasteiger partial charge in [-0.15, -0.1) is 0 Å². The van der Waals surface area contributed by atoms with Gasteiger partial charge in [-0.1, -0.05) is 0 Å². The van der Waals surface area contributed by atoms with Crippen molar-refractivity contribution >= 4 is 11.8 Å². The minimum absolute atomic E-state index is 0.0421. The van der Waals surface area contributed by atoms with E-state index in [1.165, 1.54) is 0 Å². The molecule has 2 saturated heterocycles. The Morgan fingerprint density at radius 3 is 2.32 bits per heavy atom. The predicted octanol–water partition coefficient (Wildman–Crippen LogP) is 0.917. The molecule has 0 bridgehead atoms. The first kappa shape index (κ1) is 14.3. The van der Waals surface area contributed by atoms with E-state index in [2.05, 4.69) is 0 Å². The Morgan fingerprint density at radius 2 is 1.74 bits per heavy atom. The highest BCUT2D eigenvalue weighted by molar-refractivity contribution is 5.78. The smallest absolute Gasteiger partial charge is 0.222 e. The van der Waals surface area contributed by atoms with Crippen LogP contribution >= 0.6 is 0 Å². The van der Waals surface area contributed by atoms with Crippen LogP contribution in [0.4, 0.5) is 0 Å². The predicted molar refractivity (Wildman–Crippen MR) is 71.3 cm³/mol. The number of primary amides is 1. The van der Waals surface area contributed by atoms with Crippen molar-refractivity contribution in [2.45, 2.75) is 38.5 Å². The lowest BCUT2D eigenvalue weighted by Crippen LogP contribution is -2.41. The van der Waals surface area contributed by atoms with E-state index < -0.39 is 0 Å². The Hall–Kier alpha value is -1.10. The largest absolute Gasteiger partial charge is 0.381 e. The van der Waals surface area contributed by atoms with Gasteiger partial charge in [0.1, 0.15) is 0 Å². The van der Waals surface area contributed by atoms with Gasteiger partial charge in [0, 0.05) is 38.6 Å². The molecule has 0 aromatic heterocycles. The van der Waals surface area contributed by atoms with Gasteiger partial charge in [0.25, 0.3) is 0 Å². The number of rotatable bonds is 4. The SMILES string of the molecule is NC(=O)C1CCN(C(=O)CCC2CCOCC2)CC1. The monoisotopic (exact) mass is 268 g/mol. The molecule has 0 aliphatic carbocycles. The second-order valence-corrected chi connectivity index (χ2v) is 5.65. The van der Waals surface area contributed by atoms with Crippen LogP contribution in [-0.4, -0.2) is 43.0 Å². The first-order chi connectivity index (χ1) is 9.16. The Balaban J connectivity index is 1.67. The molecule has 0 radical (unpaired) electrons. The average Bonchev–Trinajstić information content (AvgIpc) is 2.46. The van der Waals surface area contributed by atoms with Crippen LogP contribution in [0.2, 0.25) is 0 Å². The van der Waals surface area contributed by atoms with Crippen molar-refractivity contribution in [2.24, 2.45) is 17.6 Å². The van der Waals surface area contributed by atoms with Gasteiger partial charge < -0.3 is 15.4 Å². The molecule has 0 saturated carbocycles. The minimum atomic E-state index is -0.227. The molecular weight excluding hydrogens is 244 g/mol. The van der Waals surface area contributed by atoms with Crippen LogP contribution in [0, 0.1) is 11.8 Å². The van der Waals surface area contributed by atoms with Crippen LogP contribution in [0.3, 0.4) is 0 Å². The van der Waals surface area contributed by atoms with Crippen molar-refractivity contribution in [1.82, 2.24) is 4.90 Å². The third-order valence-corrected chi connectivity index (χ3v) is 4.36. The molecule has 19 heavy (non-hydrogen) atoms. The van der Waals surface area contributed by atoms with Crippen molar-refractivity contribution in [2.75, 3.05) is 26.3 Å². The summed E-state index contributed by atoms with van der Waals surface area (Å²) in [6, 6.07) is 0. The molecule has 5 nitrogen and oxygen atoms in total. The van der Waals surface area contributed by atoms with E-state index in [0.29, 0.717) is 25.4 Å². The number of piperidine rings is 1. The van der Waals surface area contributed by atoms with Crippen LogP contribution in [-0.2, 0) is 14.3 Å². The zero-order chi connectivity index (χ0) is 13.7. The van der Waals surface area contributed by atoms with Gasteiger partial charge in [0.05, 0.1) is 0 Å². The van der Waals surface area contributed by atoms with Gasteiger partial charge in [-0.3, -0.25) is 9.59 Å². The molecule has 0 aromatic carbocycles. The number of hydrogen-bond acceptors (Lipinski definition) is 3. The summed E-state index contributed by atoms with van der Waals surface area (Å²) in [6.45, 7) is 3.03. The van der Waals surface area contributed by atoms with E-state index in [9.17, 15) is 9.59 Å². The highest BCUT2D eigenvalue weighted by Crippen LogP contribution is 2.22. The maximum absolute atomic E-state index is 12.1. The second-order valence-electron chi connectivity index (χ2n) is 5.65. The summed E-state index contributed by atoms with van der Waals surface area (Å²) in [6.07, 6.45) is 5.20. The molecule has 2 amide bonds. The summed E-state index contributed by atoms with van der Waals surface area (Å²) in [5, 5.41) is 0. The number of likely N-dealkylation sites (tertiary alicyclic amines) is 1. The van der Waals surface area contributed by atoms with Crippen LogP contribution in [0.25, 0.3) is 0 Å². The van der Waals surface area contributed by atoms with Crippen molar-refractivity contribution in [3.8, 4) is 0 Å². The fraction of sp³-hybridized carbons (Fsp3) is 0.857. The van der Waals surface area contributed by atoms with Crippen molar-refractivity contribution in [1.29, 1.82) is 0 Å². The second kappa shape index (κ2) is 6.89. The number of nitrogens with zero attached hydrogens (tertiary/aromatic N) is 1. The molecule has 2 fully saturated rings. The molecule has 2 aliphatic heterocycles. The number of amides is 2. The Kier molecular flexibility index (Phi) is 5.19. The van der Waals surface area contributed by atoms with Crippen molar-refractivity contribution in [3.05, 3.63) is 0 Å². The molecule has 2 rings (SSSR count). The van der Waals surface area contributed by atoms with Crippen molar-refractivity contribution < 1.29 is 14.3 Å². The van der Waals surface area contributed by atoms with E-state index in [1.807, 2.05) is 4.90 Å². The zero-order valence-corrected chi connectivity index (χ0v) is 11.5. The normalized spacial score (nSPS) is 22.4. The molecular formula is C14H24N2O3. The fourth-order valence-electron chi connectivity index (χ4n) is 2.93. The van der Waals surface area contributed by atoms with E-state index in [4.69, 9.17) is 10.5 Å². The van der Waals surface area contributed by atoms with Crippen LogP contribution < -0.4 is 5.73 Å². The molecule has 2 heterocycles. The number of hydrogen-bond donors (Lipinski definition) is 1. The lowest BCUT2D eigenvalue weighted by atomic mass is 9.93. The number of ether oxygens (including phenoxy) is 1.